The molecule has 0 aromatic heterocycles. The van der Waals surface area contributed by atoms with Crippen LogP contribution in [-0.2, 0) is 16.2 Å². The largest absolute Gasteiger partial charge is 0.506 e. The van der Waals surface area contributed by atoms with Crippen molar-refractivity contribution in [2.45, 2.75) is 25.9 Å². The summed E-state index contributed by atoms with van der Waals surface area (Å²) < 4.78 is 19.4. The molecule has 0 bridgehead atoms. The normalized spacial score (nSPS) is 14.5. The Morgan fingerprint density at radius 3 is 2.54 bits per heavy atom. The number of benzene rings is 2. The Hall–Kier alpha value is -2.66. The molecule has 1 aliphatic rings. The molecule has 0 radical (unpaired) electrons. The van der Waals surface area contributed by atoms with E-state index in [-0.39, 0.29) is 42.3 Å². The number of carbonyl (C=O) groups is 2. The number of Topliss-reactive ketones (excluding diaryl/α,β-unsaturated/α-hetero) is 2. The van der Waals surface area contributed by atoms with Gasteiger partial charge in [-0.1, -0.05) is 29.8 Å². The Morgan fingerprint density at radius 1 is 1.12 bits per heavy atom. The maximum absolute atomic E-state index is 13.8. The third-order valence-corrected chi connectivity index (χ3v) is 4.35. The first-order valence-electron chi connectivity index (χ1n) is 8.12. The zero-order valence-electron chi connectivity index (χ0n) is 13.8. The van der Waals surface area contributed by atoms with Gasteiger partial charge in [-0.05, 0) is 30.7 Å². The van der Waals surface area contributed by atoms with Crippen molar-refractivity contribution in [1.29, 1.82) is 0 Å². The van der Waals surface area contributed by atoms with Gasteiger partial charge in [-0.25, -0.2) is 4.39 Å². The second-order valence-corrected chi connectivity index (χ2v) is 6.41. The number of ketones is 2. The van der Waals surface area contributed by atoms with E-state index < -0.39 is 5.82 Å². The lowest BCUT2D eigenvalue weighted by Gasteiger charge is -2.14. The lowest BCUT2D eigenvalue weighted by atomic mass is 9.90. The number of carbonyl (C=O) groups excluding carboxylic acids is 2. The molecular weight excluding hydrogens is 359 g/mol. The molecule has 134 valence electrons. The smallest absolute Gasteiger partial charge is 0.170 e. The van der Waals surface area contributed by atoms with E-state index in [1.54, 1.807) is 24.3 Å². The molecule has 6 heteroatoms. The maximum atomic E-state index is 13.8. The monoisotopic (exact) mass is 374 g/mol. The number of hydrogen-bond acceptors (Lipinski definition) is 4. The van der Waals surface area contributed by atoms with E-state index in [0.717, 1.165) is 0 Å². The van der Waals surface area contributed by atoms with E-state index >= 15 is 0 Å². The van der Waals surface area contributed by atoms with E-state index in [1.165, 1.54) is 18.2 Å². The predicted octanol–water partition coefficient (Wildman–Crippen LogP) is 4.65. The lowest BCUT2D eigenvalue weighted by Crippen LogP contribution is -2.20. The van der Waals surface area contributed by atoms with E-state index in [0.29, 0.717) is 28.3 Å². The van der Waals surface area contributed by atoms with Crippen molar-refractivity contribution >= 4 is 28.9 Å². The molecular formula is C20H16ClFO4. The molecule has 0 spiro atoms. The van der Waals surface area contributed by atoms with Crippen molar-refractivity contribution in [2.24, 2.45) is 0 Å². The quantitative estimate of drug-likeness (QED) is 0.480. The van der Waals surface area contributed by atoms with E-state index in [2.05, 4.69) is 0 Å². The number of aliphatic hydroxyl groups excluding tert-OH is 1. The minimum absolute atomic E-state index is 0.0261. The van der Waals surface area contributed by atoms with Gasteiger partial charge in [0.1, 0.15) is 29.5 Å². The second-order valence-electron chi connectivity index (χ2n) is 5.98. The van der Waals surface area contributed by atoms with Gasteiger partial charge in [-0.2, -0.15) is 0 Å². The molecule has 4 nitrogen and oxygen atoms in total. The summed E-state index contributed by atoms with van der Waals surface area (Å²) in [7, 11) is 0. The van der Waals surface area contributed by atoms with Gasteiger partial charge >= 0.3 is 0 Å². The van der Waals surface area contributed by atoms with Gasteiger partial charge in [0, 0.05) is 29.0 Å². The molecule has 0 amide bonds. The fourth-order valence-corrected chi connectivity index (χ4v) is 2.92. The molecule has 1 saturated carbocycles. The molecule has 0 aliphatic heterocycles. The van der Waals surface area contributed by atoms with Gasteiger partial charge in [-0.3, -0.25) is 9.59 Å². The summed E-state index contributed by atoms with van der Waals surface area (Å²) in [5, 5.41) is 10.7. The van der Waals surface area contributed by atoms with Crippen LogP contribution in [0.25, 0.3) is 5.76 Å². The molecule has 0 unspecified atom stereocenters. The Kier molecular flexibility index (Phi) is 5.38. The standard InChI is InChI=1S/C20H16ClFO4/c21-14-8-7-13(16(22)10-14)11-26-15-4-1-3-12(9-15)20(25)19-17(23)5-2-6-18(19)24/h1,3-4,7-10,25H,2,5-6,11H2. The van der Waals surface area contributed by atoms with Gasteiger partial charge in [0.15, 0.2) is 11.6 Å². The Morgan fingerprint density at radius 2 is 1.85 bits per heavy atom. The molecule has 26 heavy (non-hydrogen) atoms. The van der Waals surface area contributed by atoms with Gasteiger partial charge < -0.3 is 9.84 Å². The number of ether oxygens (including phenoxy) is 1. The molecule has 0 atom stereocenters. The summed E-state index contributed by atoms with van der Waals surface area (Å²) in [6, 6.07) is 10.6. The highest BCUT2D eigenvalue weighted by Crippen LogP contribution is 2.27. The third-order valence-electron chi connectivity index (χ3n) is 4.12. The fraction of sp³-hybridized carbons (Fsp3) is 0.200. The number of hydrogen-bond donors (Lipinski definition) is 1. The first-order chi connectivity index (χ1) is 12.5. The highest BCUT2D eigenvalue weighted by molar-refractivity contribution is 6.30. The summed E-state index contributed by atoms with van der Waals surface area (Å²) in [5.41, 5.74) is 0.481. The predicted molar refractivity (Wildman–Crippen MR) is 95.6 cm³/mol. The van der Waals surface area contributed by atoms with Crippen LogP contribution in [0, 0.1) is 5.82 Å². The fourth-order valence-electron chi connectivity index (χ4n) is 2.76. The van der Waals surface area contributed by atoms with Crippen molar-refractivity contribution in [3.63, 3.8) is 0 Å². The van der Waals surface area contributed by atoms with Crippen molar-refractivity contribution in [3.05, 3.63) is 70.0 Å². The summed E-state index contributed by atoms with van der Waals surface area (Å²) >= 11 is 5.72. The minimum Gasteiger partial charge on any atom is -0.506 e. The van der Waals surface area contributed by atoms with Crippen LogP contribution in [-0.4, -0.2) is 16.7 Å². The molecule has 2 aromatic carbocycles. The van der Waals surface area contributed by atoms with Gasteiger partial charge in [0.2, 0.25) is 0 Å². The van der Waals surface area contributed by atoms with Crippen LogP contribution in [0.5, 0.6) is 5.75 Å². The van der Waals surface area contributed by atoms with Crippen molar-refractivity contribution in [2.75, 3.05) is 0 Å². The average Bonchev–Trinajstić information content (AvgIpc) is 2.61. The Balaban J connectivity index is 1.82. The van der Waals surface area contributed by atoms with Gasteiger partial charge in [0.05, 0.1) is 0 Å². The van der Waals surface area contributed by atoms with Gasteiger partial charge in [0.25, 0.3) is 0 Å². The number of aliphatic hydroxyl groups is 1. The topological polar surface area (TPSA) is 63.6 Å². The summed E-state index contributed by atoms with van der Waals surface area (Å²) in [4.78, 5) is 23.9. The number of rotatable bonds is 4. The highest BCUT2D eigenvalue weighted by Gasteiger charge is 2.27. The molecule has 0 saturated heterocycles. The molecule has 2 aromatic rings. The SMILES string of the molecule is O=C1CCCC(=O)C1=C(O)c1cccc(OCc2ccc(Cl)cc2F)c1. The van der Waals surface area contributed by atoms with Crippen LogP contribution < -0.4 is 4.74 Å². The number of halogens is 2. The summed E-state index contributed by atoms with van der Waals surface area (Å²) in [6.45, 7) is -0.0261. The second kappa shape index (κ2) is 7.70. The first kappa shape index (κ1) is 18.1. The van der Waals surface area contributed by atoms with E-state index in [1.807, 2.05) is 0 Å². The maximum Gasteiger partial charge on any atom is 0.170 e. The summed E-state index contributed by atoms with van der Waals surface area (Å²) in [5.74, 6) is -1.15. The van der Waals surface area contributed by atoms with Crippen LogP contribution >= 0.6 is 11.6 Å². The van der Waals surface area contributed by atoms with Gasteiger partial charge in [-0.15, -0.1) is 0 Å². The van der Waals surface area contributed by atoms with Crippen LogP contribution in [0.2, 0.25) is 5.02 Å². The van der Waals surface area contributed by atoms with Crippen LogP contribution in [0.1, 0.15) is 30.4 Å². The summed E-state index contributed by atoms with van der Waals surface area (Å²) in [6.07, 6.45) is 0.999. The molecule has 1 N–H and O–H groups in total. The first-order valence-corrected chi connectivity index (χ1v) is 8.50. The van der Waals surface area contributed by atoms with Crippen LogP contribution in [0.3, 0.4) is 0 Å². The number of allylic oxidation sites excluding steroid dienone is 1. The van der Waals surface area contributed by atoms with Crippen molar-refractivity contribution < 1.29 is 23.8 Å². The van der Waals surface area contributed by atoms with E-state index in [4.69, 9.17) is 16.3 Å². The highest BCUT2D eigenvalue weighted by atomic mass is 35.5. The van der Waals surface area contributed by atoms with Crippen molar-refractivity contribution in [1.82, 2.24) is 0 Å². The zero-order chi connectivity index (χ0) is 18.7. The van der Waals surface area contributed by atoms with Crippen LogP contribution in [0.4, 0.5) is 4.39 Å². The lowest BCUT2D eigenvalue weighted by molar-refractivity contribution is -0.123. The Labute approximate surface area is 154 Å². The minimum atomic E-state index is -0.475. The van der Waals surface area contributed by atoms with E-state index in [9.17, 15) is 19.1 Å². The zero-order valence-corrected chi connectivity index (χ0v) is 14.6. The Bertz CT molecular complexity index is 886. The molecule has 3 rings (SSSR count). The van der Waals surface area contributed by atoms with Crippen molar-refractivity contribution in [3.8, 4) is 5.75 Å². The molecule has 1 aliphatic carbocycles. The van der Waals surface area contributed by atoms with Crippen LogP contribution in [0.15, 0.2) is 48.0 Å². The third kappa shape index (κ3) is 3.94. The molecule has 1 fully saturated rings. The average molecular weight is 375 g/mol. The molecule has 0 heterocycles.